The standard InChI is InChI=1S/C24H25ClF3NO6S/c1-11(30)20(31)10-24(33)13-5-14(24)7-16(6-13)36(34,35)21-4-12(2-3-17(21)25)23(32)29-15-8-18(26)22(28)19(27)9-15/h2-4,8-9,11,13-14,16,20,30-31,33H,5-7,10H2,1H3,(H,29,32)/t11?,13-,14?,16?,20?,24-/m0/s1. The van der Waals surface area contributed by atoms with E-state index in [4.69, 9.17) is 11.6 Å². The molecule has 3 aliphatic carbocycles. The fourth-order valence-corrected chi connectivity index (χ4v) is 7.62. The van der Waals surface area contributed by atoms with Crippen molar-refractivity contribution in [3.63, 3.8) is 0 Å². The third kappa shape index (κ3) is 4.74. The molecule has 0 saturated heterocycles. The van der Waals surface area contributed by atoms with Gasteiger partial charge in [-0.05, 0) is 56.2 Å². The molecule has 5 rings (SSSR count). The van der Waals surface area contributed by atoms with Gasteiger partial charge in [0.1, 0.15) is 0 Å². The van der Waals surface area contributed by atoms with Gasteiger partial charge in [0.25, 0.3) is 5.91 Å². The molecule has 0 heterocycles. The van der Waals surface area contributed by atoms with Crippen molar-refractivity contribution in [2.45, 2.75) is 60.6 Å². The Morgan fingerprint density at radius 1 is 1.11 bits per heavy atom. The van der Waals surface area contributed by atoms with Gasteiger partial charge < -0.3 is 20.6 Å². The first-order valence-electron chi connectivity index (χ1n) is 11.3. The van der Waals surface area contributed by atoms with Crippen molar-refractivity contribution in [3.05, 3.63) is 58.4 Å². The molecule has 0 radical (unpaired) electrons. The van der Waals surface area contributed by atoms with E-state index >= 15 is 0 Å². The predicted molar refractivity (Wildman–Crippen MR) is 125 cm³/mol. The van der Waals surface area contributed by atoms with Crippen molar-refractivity contribution in [2.75, 3.05) is 5.32 Å². The molecule has 7 nitrogen and oxygen atoms in total. The minimum Gasteiger partial charge on any atom is -0.391 e. The Morgan fingerprint density at radius 2 is 1.69 bits per heavy atom. The monoisotopic (exact) mass is 547 g/mol. The van der Waals surface area contributed by atoms with E-state index in [9.17, 15) is 41.7 Å². The molecule has 2 bridgehead atoms. The molecule has 0 aromatic heterocycles. The summed E-state index contributed by atoms with van der Waals surface area (Å²) in [6.07, 6.45) is -1.42. The topological polar surface area (TPSA) is 124 Å². The van der Waals surface area contributed by atoms with Crippen molar-refractivity contribution in [1.29, 1.82) is 0 Å². The summed E-state index contributed by atoms with van der Waals surface area (Å²) in [7, 11) is -4.04. The van der Waals surface area contributed by atoms with Crippen molar-refractivity contribution in [3.8, 4) is 0 Å². The Bertz CT molecular complexity index is 1270. The first-order valence-corrected chi connectivity index (χ1v) is 13.2. The van der Waals surface area contributed by atoms with E-state index in [-0.39, 0.29) is 40.4 Å². The maximum Gasteiger partial charge on any atom is 0.255 e. The molecule has 36 heavy (non-hydrogen) atoms. The van der Waals surface area contributed by atoms with Crippen molar-refractivity contribution in [1.82, 2.24) is 0 Å². The van der Waals surface area contributed by atoms with Crippen LogP contribution in [0.1, 0.15) is 43.0 Å². The molecule has 2 aromatic carbocycles. The predicted octanol–water partition coefficient (Wildman–Crippen LogP) is 3.44. The number of amides is 1. The molecule has 12 heteroatoms. The fraction of sp³-hybridized carbons (Fsp3) is 0.458. The number of fused-ring (bicyclic) bond motifs is 2. The van der Waals surface area contributed by atoms with Crippen LogP contribution in [0.3, 0.4) is 0 Å². The van der Waals surface area contributed by atoms with Gasteiger partial charge in [0, 0.05) is 29.8 Å². The zero-order valence-corrected chi connectivity index (χ0v) is 20.7. The van der Waals surface area contributed by atoms with Crippen molar-refractivity contribution >= 4 is 33.0 Å². The Kier molecular flexibility index (Phi) is 7.17. The second-order valence-corrected chi connectivity index (χ2v) is 12.2. The number of benzene rings is 2. The Balaban J connectivity index is 1.53. The van der Waals surface area contributed by atoms with Crippen molar-refractivity contribution in [2.24, 2.45) is 11.8 Å². The van der Waals surface area contributed by atoms with Crippen LogP contribution >= 0.6 is 11.6 Å². The van der Waals surface area contributed by atoms with E-state index in [0.717, 1.165) is 6.07 Å². The van der Waals surface area contributed by atoms with Crippen LogP contribution in [0.5, 0.6) is 0 Å². The van der Waals surface area contributed by atoms with Crippen molar-refractivity contribution < 1.29 is 41.7 Å². The maximum absolute atomic E-state index is 13.5. The van der Waals surface area contributed by atoms with E-state index in [2.05, 4.69) is 5.32 Å². The highest BCUT2D eigenvalue weighted by Crippen LogP contribution is 2.57. The summed E-state index contributed by atoms with van der Waals surface area (Å²) in [4.78, 5) is 12.3. The number of rotatable bonds is 7. The molecule has 2 aromatic rings. The summed E-state index contributed by atoms with van der Waals surface area (Å²) in [6.45, 7) is 1.41. The number of hydrogen-bond donors (Lipinski definition) is 4. The highest BCUT2D eigenvalue weighted by Gasteiger charge is 2.60. The highest BCUT2D eigenvalue weighted by molar-refractivity contribution is 7.92. The summed E-state index contributed by atoms with van der Waals surface area (Å²) < 4.78 is 67.0. The number of anilines is 1. The van der Waals surface area contributed by atoms with Crippen LogP contribution in [0.2, 0.25) is 5.02 Å². The molecule has 3 fully saturated rings. The SMILES string of the molecule is CC(O)C(O)C[C@@]1(O)C2CC(S(=O)(=O)c3cc(C(=O)Nc4cc(F)c(F)c(F)c4)ccc3Cl)C[C@@H]1C2. The fourth-order valence-electron chi connectivity index (χ4n) is 5.22. The summed E-state index contributed by atoms with van der Waals surface area (Å²) in [5.74, 6) is -6.36. The zero-order chi connectivity index (χ0) is 26.6. The van der Waals surface area contributed by atoms with Crippen LogP contribution in [-0.2, 0) is 9.84 Å². The second-order valence-electron chi connectivity index (χ2n) is 9.62. The van der Waals surface area contributed by atoms with Gasteiger partial charge in [-0.3, -0.25) is 4.79 Å². The third-order valence-electron chi connectivity index (χ3n) is 7.35. The second kappa shape index (κ2) is 9.60. The van der Waals surface area contributed by atoms with Crippen LogP contribution in [0.4, 0.5) is 18.9 Å². The number of hydrogen-bond acceptors (Lipinski definition) is 6. The lowest BCUT2D eigenvalue weighted by molar-refractivity contribution is -0.199. The quantitative estimate of drug-likeness (QED) is 0.394. The molecule has 3 aliphatic rings. The highest BCUT2D eigenvalue weighted by atomic mass is 35.5. The van der Waals surface area contributed by atoms with Crippen LogP contribution in [0.15, 0.2) is 35.2 Å². The summed E-state index contributed by atoms with van der Waals surface area (Å²) in [5.41, 5.74) is -1.78. The van der Waals surface area contributed by atoms with Crippen LogP contribution in [-0.4, -0.2) is 52.7 Å². The van der Waals surface area contributed by atoms with Gasteiger partial charge in [0.15, 0.2) is 27.3 Å². The molecule has 6 atom stereocenters. The van der Waals surface area contributed by atoms with Crippen LogP contribution < -0.4 is 5.32 Å². The largest absolute Gasteiger partial charge is 0.391 e. The Morgan fingerprint density at radius 3 is 2.25 bits per heavy atom. The minimum absolute atomic E-state index is 0.0618. The Labute approximate surface area is 210 Å². The molecule has 0 aliphatic heterocycles. The third-order valence-corrected chi connectivity index (χ3v) is 10.0. The molecule has 4 N–H and O–H groups in total. The van der Waals surface area contributed by atoms with Gasteiger partial charge >= 0.3 is 0 Å². The van der Waals surface area contributed by atoms with E-state index in [1.54, 1.807) is 0 Å². The summed E-state index contributed by atoms with van der Waals surface area (Å²) >= 11 is 6.17. The lowest BCUT2D eigenvalue weighted by Crippen LogP contribution is -2.63. The number of nitrogens with one attached hydrogen (secondary N) is 1. The first-order chi connectivity index (χ1) is 16.7. The van der Waals surface area contributed by atoms with Crippen LogP contribution in [0.25, 0.3) is 0 Å². The van der Waals surface area contributed by atoms with Gasteiger partial charge in [-0.2, -0.15) is 0 Å². The molecular formula is C24H25ClF3NO6S. The Hall–Kier alpha value is -2.18. The smallest absolute Gasteiger partial charge is 0.255 e. The average molecular weight is 548 g/mol. The average Bonchev–Trinajstić information content (AvgIpc) is 2.82. The molecule has 196 valence electrons. The number of aliphatic hydroxyl groups excluding tert-OH is 2. The first kappa shape index (κ1) is 26.9. The minimum atomic E-state index is -4.04. The van der Waals surface area contributed by atoms with E-state index in [1.165, 1.54) is 19.1 Å². The van der Waals surface area contributed by atoms with Gasteiger partial charge in [-0.25, -0.2) is 21.6 Å². The van der Waals surface area contributed by atoms with Gasteiger partial charge in [-0.1, -0.05) is 11.6 Å². The molecule has 1 amide bonds. The lowest BCUT2D eigenvalue weighted by Gasteiger charge is -2.59. The van der Waals surface area contributed by atoms with Crippen LogP contribution in [0, 0.1) is 29.3 Å². The van der Waals surface area contributed by atoms with Gasteiger partial charge in [0.2, 0.25) is 0 Å². The number of halogens is 4. The molecule has 0 spiro atoms. The van der Waals surface area contributed by atoms with E-state index < -0.39 is 68.1 Å². The molecule has 3 saturated carbocycles. The summed E-state index contributed by atoms with van der Waals surface area (Å²) in [6, 6.07) is 4.70. The maximum atomic E-state index is 13.5. The number of carbonyl (C=O) groups excluding carboxylic acids is 1. The zero-order valence-electron chi connectivity index (χ0n) is 19.1. The lowest BCUT2D eigenvalue weighted by atomic mass is 9.52. The van der Waals surface area contributed by atoms with E-state index in [0.29, 0.717) is 18.6 Å². The van der Waals surface area contributed by atoms with Gasteiger partial charge in [-0.15, -0.1) is 0 Å². The number of aliphatic hydroxyl groups is 3. The molecular weight excluding hydrogens is 523 g/mol. The van der Waals surface area contributed by atoms with Gasteiger partial charge in [0.05, 0.1) is 33.0 Å². The molecule has 4 unspecified atom stereocenters. The number of carbonyl (C=O) groups is 1. The number of sulfone groups is 1. The normalized spacial score (nSPS) is 27.2. The summed E-state index contributed by atoms with van der Waals surface area (Å²) in [5, 5.41) is 31.8. The van der Waals surface area contributed by atoms with E-state index in [1.807, 2.05) is 0 Å².